The Bertz CT molecular complexity index is 919. The summed E-state index contributed by atoms with van der Waals surface area (Å²) in [5.74, 6) is -0.168. The van der Waals surface area contributed by atoms with E-state index >= 15 is 0 Å². The van der Waals surface area contributed by atoms with Crippen LogP contribution in [0.15, 0.2) is 48.5 Å². The molecule has 0 unspecified atom stereocenters. The molecule has 4 rings (SSSR count). The highest BCUT2D eigenvalue weighted by molar-refractivity contribution is 7.22. The van der Waals surface area contributed by atoms with Gasteiger partial charge in [0.25, 0.3) is 0 Å². The van der Waals surface area contributed by atoms with Crippen LogP contribution in [0.25, 0.3) is 20.4 Å². The van der Waals surface area contributed by atoms with Crippen LogP contribution in [0.4, 0.5) is 10.3 Å². The van der Waals surface area contributed by atoms with Gasteiger partial charge in [-0.15, -0.1) is 0 Å². The summed E-state index contributed by atoms with van der Waals surface area (Å²) >= 11 is 2.97. The number of aromatic nitrogens is 2. The number of rotatable bonds is 2. The van der Waals surface area contributed by atoms with Gasteiger partial charge in [-0.25, -0.2) is 9.97 Å². The number of nitrogens with zero attached hydrogens (tertiary/aromatic N) is 2. The summed E-state index contributed by atoms with van der Waals surface area (Å²) in [6.45, 7) is 2.96. The Labute approximate surface area is 157 Å². The summed E-state index contributed by atoms with van der Waals surface area (Å²) in [6.07, 6.45) is 0. The monoisotopic (exact) mass is 384 g/mol. The summed E-state index contributed by atoms with van der Waals surface area (Å²) in [7, 11) is 0. The van der Waals surface area contributed by atoms with Crippen LogP contribution in [0.5, 0.6) is 0 Å². The fraction of sp³-hybridized carbons (Fsp3) is 0.111. The molecule has 8 heteroatoms. The number of amides is 2. The molecule has 2 heterocycles. The second-order valence-corrected chi connectivity index (χ2v) is 7.40. The van der Waals surface area contributed by atoms with Crippen molar-refractivity contribution in [3.8, 4) is 0 Å². The van der Waals surface area contributed by atoms with E-state index in [1.807, 2.05) is 48.5 Å². The molecular formula is C18H16N4O2S2. The van der Waals surface area contributed by atoms with Gasteiger partial charge < -0.3 is 10.6 Å². The molecule has 2 aromatic heterocycles. The van der Waals surface area contributed by atoms with Crippen molar-refractivity contribution in [2.45, 2.75) is 13.8 Å². The first kappa shape index (κ1) is 18.0. The Kier molecular flexibility index (Phi) is 5.55. The van der Waals surface area contributed by atoms with Gasteiger partial charge in [0.05, 0.1) is 20.4 Å². The standard InChI is InChI=1S/2C9H8N2OS/c2*1-6(12)10-9-11-7-4-2-3-5-8(7)13-9/h2*2-5H,1H3,(H,10,11,12). The molecule has 2 aromatic carbocycles. The molecule has 26 heavy (non-hydrogen) atoms. The Balaban J connectivity index is 0.000000151. The average Bonchev–Trinajstić information content (AvgIpc) is 3.16. The molecule has 0 aliphatic carbocycles. The third-order valence-electron chi connectivity index (χ3n) is 3.15. The predicted octanol–water partition coefficient (Wildman–Crippen LogP) is 4.51. The van der Waals surface area contributed by atoms with Crippen LogP contribution < -0.4 is 10.6 Å². The van der Waals surface area contributed by atoms with Crippen molar-refractivity contribution >= 4 is 65.2 Å². The predicted molar refractivity (Wildman–Crippen MR) is 108 cm³/mol. The largest absolute Gasteiger partial charge is 0.302 e. The van der Waals surface area contributed by atoms with E-state index in [4.69, 9.17) is 0 Å². The average molecular weight is 384 g/mol. The van der Waals surface area contributed by atoms with Gasteiger partial charge in [-0.2, -0.15) is 0 Å². The van der Waals surface area contributed by atoms with Gasteiger partial charge in [0.1, 0.15) is 0 Å². The fourth-order valence-corrected chi connectivity index (χ4v) is 3.98. The van der Waals surface area contributed by atoms with Crippen LogP contribution >= 0.6 is 22.7 Å². The number of carbonyl (C=O) groups excluding carboxylic acids is 2. The van der Waals surface area contributed by atoms with Crippen LogP contribution in [-0.2, 0) is 9.59 Å². The summed E-state index contributed by atoms with van der Waals surface area (Å²) in [4.78, 5) is 30.0. The SMILES string of the molecule is CC(=O)Nc1nc2ccccc2s1.CC(=O)Nc1nc2ccccc2s1. The van der Waals surface area contributed by atoms with Gasteiger partial charge in [-0.05, 0) is 24.3 Å². The van der Waals surface area contributed by atoms with Crippen molar-refractivity contribution in [2.24, 2.45) is 0 Å². The second-order valence-electron chi connectivity index (χ2n) is 5.34. The Morgan fingerprint density at radius 1 is 0.731 bits per heavy atom. The molecule has 2 amide bonds. The molecule has 0 aliphatic heterocycles. The molecule has 0 saturated carbocycles. The second kappa shape index (κ2) is 8.03. The van der Waals surface area contributed by atoms with Gasteiger partial charge in [-0.3, -0.25) is 9.59 Å². The van der Waals surface area contributed by atoms with E-state index in [0.717, 1.165) is 20.4 Å². The number of para-hydroxylation sites is 2. The molecule has 0 bridgehead atoms. The number of anilines is 2. The van der Waals surface area contributed by atoms with Gasteiger partial charge in [0.2, 0.25) is 11.8 Å². The molecule has 0 fully saturated rings. The maximum absolute atomic E-state index is 10.7. The molecule has 4 aromatic rings. The van der Waals surface area contributed by atoms with E-state index in [-0.39, 0.29) is 11.8 Å². The third kappa shape index (κ3) is 4.62. The molecule has 0 spiro atoms. The zero-order valence-electron chi connectivity index (χ0n) is 14.1. The number of benzene rings is 2. The zero-order valence-corrected chi connectivity index (χ0v) is 15.8. The quantitative estimate of drug-likeness (QED) is 0.533. The van der Waals surface area contributed by atoms with E-state index in [1.165, 1.54) is 36.5 Å². The van der Waals surface area contributed by atoms with E-state index in [9.17, 15) is 9.59 Å². The molecule has 0 atom stereocenters. The lowest BCUT2D eigenvalue weighted by molar-refractivity contribution is -0.115. The topological polar surface area (TPSA) is 84.0 Å². The maximum atomic E-state index is 10.7. The van der Waals surface area contributed by atoms with Gasteiger partial charge in [0, 0.05) is 13.8 Å². The highest BCUT2D eigenvalue weighted by atomic mass is 32.1. The van der Waals surface area contributed by atoms with Crippen LogP contribution in [0, 0.1) is 0 Å². The highest BCUT2D eigenvalue weighted by Crippen LogP contribution is 2.25. The number of thiazole rings is 2. The number of fused-ring (bicyclic) bond motifs is 2. The minimum atomic E-state index is -0.0842. The summed E-state index contributed by atoms with van der Waals surface area (Å²) in [6, 6.07) is 15.6. The Morgan fingerprint density at radius 3 is 1.46 bits per heavy atom. The summed E-state index contributed by atoms with van der Waals surface area (Å²) < 4.78 is 2.18. The normalized spacial score (nSPS) is 10.2. The first-order valence-electron chi connectivity index (χ1n) is 7.77. The maximum Gasteiger partial charge on any atom is 0.223 e. The highest BCUT2D eigenvalue weighted by Gasteiger charge is 2.03. The third-order valence-corrected chi connectivity index (χ3v) is 5.06. The van der Waals surface area contributed by atoms with Crippen LogP contribution in [0.1, 0.15) is 13.8 Å². The van der Waals surface area contributed by atoms with Crippen LogP contribution in [-0.4, -0.2) is 21.8 Å². The molecule has 6 nitrogen and oxygen atoms in total. The van der Waals surface area contributed by atoms with Crippen LogP contribution in [0.3, 0.4) is 0 Å². The molecular weight excluding hydrogens is 368 g/mol. The van der Waals surface area contributed by atoms with Crippen molar-refractivity contribution in [1.29, 1.82) is 0 Å². The molecule has 0 radical (unpaired) electrons. The Hall–Kier alpha value is -2.84. The van der Waals surface area contributed by atoms with Crippen molar-refractivity contribution in [2.75, 3.05) is 10.6 Å². The van der Waals surface area contributed by atoms with Crippen LogP contribution in [0.2, 0.25) is 0 Å². The minimum Gasteiger partial charge on any atom is -0.302 e. The molecule has 0 aliphatic rings. The zero-order chi connectivity index (χ0) is 18.5. The number of nitrogens with one attached hydrogen (secondary N) is 2. The van der Waals surface area contributed by atoms with Gasteiger partial charge >= 0.3 is 0 Å². The van der Waals surface area contributed by atoms with E-state index in [1.54, 1.807) is 0 Å². The van der Waals surface area contributed by atoms with Gasteiger partial charge in [0.15, 0.2) is 10.3 Å². The first-order valence-corrected chi connectivity index (χ1v) is 9.41. The lowest BCUT2D eigenvalue weighted by atomic mass is 10.3. The van der Waals surface area contributed by atoms with Crippen molar-refractivity contribution in [3.63, 3.8) is 0 Å². The Morgan fingerprint density at radius 2 is 1.12 bits per heavy atom. The number of carbonyl (C=O) groups is 2. The lowest BCUT2D eigenvalue weighted by Gasteiger charge is -1.91. The molecule has 132 valence electrons. The number of hydrogen-bond acceptors (Lipinski definition) is 6. The van der Waals surface area contributed by atoms with Crippen molar-refractivity contribution < 1.29 is 9.59 Å². The lowest BCUT2D eigenvalue weighted by Crippen LogP contribution is -2.04. The number of hydrogen-bond donors (Lipinski definition) is 2. The van der Waals surface area contributed by atoms with E-state index in [0.29, 0.717) is 10.3 Å². The molecule has 2 N–H and O–H groups in total. The summed E-state index contributed by atoms with van der Waals surface area (Å²) in [5, 5.41) is 6.65. The molecule has 0 saturated heterocycles. The smallest absolute Gasteiger partial charge is 0.223 e. The first-order chi connectivity index (χ1) is 12.5. The summed E-state index contributed by atoms with van der Waals surface area (Å²) in [5.41, 5.74) is 1.85. The minimum absolute atomic E-state index is 0.0842. The van der Waals surface area contributed by atoms with Crippen molar-refractivity contribution in [3.05, 3.63) is 48.5 Å². The fourth-order valence-electron chi connectivity index (χ4n) is 2.15. The van der Waals surface area contributed by atoms with Crippen molar-refractivity contribution in [1.82, 2.24) is 9.97 Å². The van der Waals surface area contributed by atoms with E-state index in [2.05, 4.69) is 20.6 Å². The van der Waals surface area contributed by atoms with E-state index < -0.39 is 0 Å². The van der Waals surface area contributed by atoms with Gasteiger partial charge in [-0.1, -0.05) is 46.9 Å².